The Kier molecular flexibility index (Phi) is 11.8. The van der Waals surface area contributed by atoms with Gasteiger partial charge in [0.2, 0.25) is 11.6 Å². The van der Waals surface area contributed by atoms with Gasteiger partial charge < -0.3 is 20.4 Å². The normalized spacial score (nSPS) is 13.2. The van der Waals surface area contributed by atoms with Crippen molar-refractivity contribution in [2.75, 3.05) is 0 Å². The lowest BCUT2D eigenvalue weighted by Gasteiger charge is -2.19. The summed E-state index contributed by atoms with van der Waals surface area (Å²) in [6.07, 6.45) is 0. The van der Waals surface area contributed by atoms with E-state index in [1.165, 1.54) is 0 Å². The number of hydrogen-bond donors (Lipinski definition) is 8. The van der Waals surface area contributed by atoms with Crippen LogP contribution in [0.1, 0.15) is 31.3 Å². The molecular formula is C30H25N9O19S4. The van der Waals surface area contributed by atoms with E-state index in [0.717, 1.165) is 16.8 Å². The van der Waals surface area contributed by atoms with E-state index >= 15 is 0 Å². The van der Waals surface area contributed by atoms with Crippen molar-refractivity contribution in [2.24, 2.45) is 30.7 Å². The molecule has 5 rings (SSSR count). The third kappa shape index (κ3) is 9.34. The highest BCUT2D eigenvalue weighted by Crippen LogP contribution is 2.50. The van der Waals surface area contributed by atoms with E-state index < -0.39 is 150 Å². The molecule has 328 valence electrons. The monoisotopic (exact) mass is 943 g/mol. The van der Waals surface area contributed by atoms with E-state index in [-0.39, 0.29) is 0 Å². The van der Waals surface area contributed by atoms with Gasteiger partial charge in [0.1, 0.15) is 42.3 Å². The largest absolute Gasteiger partial charge is 0.505 e. The number of hydrogen-bond acceptors (Lipinski definition) is 21. The number of aromatic carboxylic acids is 1. The van der Waals surface area contributed by atoms with Crippen LogP contribution in [0.4, 0.5) is 39.8 Å². The Labute approximate surface area is 346 Å². The lowest BCUT2D eigenvalue weighted by Crippen LogP contribution is -2.23. The van der Waals surface area contributed by atoms with Gasteiger partial charge in [-0.2, -0.15) is 43.9 Å². The number of carboxylic acid groups (broad SMARTS) is 1. The molecule has 62 heavy (non-hydrogen) atoms. The number of fused-ring (bicyclic) bond motifs is 1. The topological polar surface area (TPSA) is 451 Å². The molecule has 0 spiro atoms. The van der Waals surface area contributed by atoms with Crippen molar-refractivity contribution in [3.8, 4) is 17.4 Å². The predicted octanol–water partition coefficient (Wildman–Crippen LogP) is 5.75. The molecule has 0 atom stereocenters. The number of rotatable bonds is 12. The number of aromatic hydroxyl groups is 3. The van der Waals surface area contributed by atoms with Gasteiger partial charge in [0.15, 0.2) is 17.2 Å². The SMILES string of the molecule is CC(C)(C)n1nc(C(=O)O)c(/N=N/c2ccc(/N=N/c3c(S(=O)(=O)O)cc4cc(S(=O)(=O)O)c(/N=N/c5ccc([N+](=O)[O-])cc5S(=O)(=O)O)c(O)c4c3O)c(S(=O)(=O)O)c2)c1O. The Hall–Kier alpha value is -6.94. The van der Waals surface area contributed by atoms with Gasteiger partial charge in [0.05, 0.1) is 21.5 Å². The smallest absolute Gasteiger partial charge is 0.358 e. The van der Waals surface area contributed by atoms with Gasteiger partial charge in [0, 0.05) is 12.1 Å². The summed E-state index contributed by atoms with van der Waals surface area (Å²) in [5, 5.41) is 76.9. The summed E-state index contributed by atoms with van der Waals surface area (Å²) in [5.74, 6) is -5.33. The van der Waals surface area contributed by atoms with Gasteiger partial charge in [-0.25, -0.2) is 9.48 Å². The minimum atomic E-state index is -5.54. The number of non-ortho nitro benzene ring substituents is 1. The van der Waals surface area contributed by atoms with Gasteiger partial charge in [-0.1, -0.05) is 0 Å². The highest BCUT2D eigenvalue weighted by molar-refractivity contribution is 7.86. The molecule has 4 aromatic carbocycles. The van der Waals surface area contributed by atoms with Gasteiger partial charge in [-0.05, 0) is 62.6 Å². The quantitative estimate of drug-likeness (QED) is 0.0319. The number of benzene rings is 4. The number of phenols is 2. The predicted molar refractivity (Wildman–Crippen MR) is 204 cm³/mol. The first-order valence-corrected chi connectivity index (χ1v) is 21.8. The molecule has 0 saturated carbocycles. The average molecular weight is 944 g/mol. The Balaban J connectivity index is 1.71. The average Bonchev–Trinajstić information content (AvgIpc) is 3.48. The van der Waals surface area contributed by atoms with Crippen molar-refractivity contribution in [3.05, 3.63) is 64.3 Å². The molecule has 32 heteroatoms. The number of carbonyl (C=O) groups is 1. The molecule has 0 radical (unpaired) electrons. The first-order valence-electron chi connectivity index (χ1n) is 16.0. The number of carboxylic acids is 1. The van der Waals surface area contributed by atoms with Gasteiger partial charge in [-0.3, -0.25) is 28.3 Å². The Bertz CT molecular complexity index is 3320. The molecule has 8 N–H and O–H groups in total. The van der Waals surface area contributed by atoms with Crippen LogP contribution in [0.15, 0.2) is 98.8 Å². The Morgan fingerprint density at radius 3 is 1.50 bits per heavy atom. The van der Waals surface area contributed by atoms with E-state index in [1.807, 2.05) is 0 Å². The third-order valence-electron chi connectivity index (χ3n) is 7.92. The number of nitro groups is 1. The fourth-order valence-electron chi connectivity index (χ4n) is 5.23. The molecule has 0 saturated heterocycles. The zero-order chi connectivity index (χ0) is 46.7. The lowest BCUT2D eigenvalue weighted by molar-refractivity contribution is -0.385. The molecule has 0 amide bonds. The van der Waals surface area contributed by atoms with E-state index in [4.69, 9.17) is 0 Å². The van der Waals surface area contributed by atoms with Crippen LogP contribution in [0.3, 0.4) is 0 Å². The van der Waals surface area contributed by atoms with Crippen molar-refractivity contribution >= 4 is 97.0 Å². The number of phenolic OH excluding ortho intramolecular Hbond substituents is 2. The minimum absolute atomic E-state index is 0.339. The highest BCUT2D eigenvalue weighted by Gasteiger charge is 2.31. The maximum atomic E-state index is 12.5. The first kappa shape index (κ1) is 46.1. The second-order valence-corrected chi connectivity index (χ2v) is 18.8. The summed E-state index contributed by atoms with van der Waals surface area (Å²) in [7, 11) is -21.7. The maximum absolute atomic E-state index is 12.5. The molecule has 0 aliphatic carbocycles. The van der Waals surface area contributed by atoms with Gasteiger partial charge in [-0.15, -0.1) is 25.6 Å². The van der Waals surface area contributed by atoms with Crippen LogP contribution in [0.5, 0.6) is 17.4 Å². The summed E-state index contributed by atoms with van der Waals surface area (Å²) >= 11 is 0. The minimum Gasteiger partial charge on any atom is -0.505 e. The van der Waals surface area contributed by atoms with Crippen LogP contribution in [-0.4, -0.2) is 93.0 Å². The Morgan fingerprint density at radius 1 is 0.645 bits per heavy atom. The summed E-state index contributed by atoms with van der Waals surface area (Å²) in [4.78, 5) is 16.7. The van der Waals surface area contributed by atoms with Crippen LogP contribution in [0.25, 0.3) is 10.8 Å². The zero-order valence-corrected chi connectivity index (χ0v) is 34.1. The molecule has 1 heterocycles. The standard InChI is InChI=1S/C30H25N9O19S4/c1-30(2,3)38-28(42)24(25(37-38)29(43)44)36-31-13-4-6-15(17(10-13)59(47,48)49)32-34-22-19(61(53,54)55)8-12-9-20(62(56,57)58)23(27(41)21(12)26(22)40)35-33-16-7-5-14(39(45)46)11-18(16)60(50,51)52/h4-11,40-42H,1-3H3,(H,43,44)(H,47,48,49)(H,50,51,52)(H,53,54,55)(H,56,57,58)/b34-32+,35-33+,36-31+. The van der Waals surface area contributed by atoms with Crippen LogP contribution in [0.2, 0.25) is 0 Å². The fraction of sp³-hybridized carbons (Fsp3) is 0.133. The summed E-state index contributed by atoms with van der Waals surface area (Å²) in [5.41, 5.74) is -8.04. The number of aromatic nitrogens is 2. The lowest BCUT2D eigenvalue weighted by atomic mass is 10.1. The Morgan fingerprint density at radius 2 is 1.08 bits per heavy atom. The van der Waals surface area contributed by atoms with E-state index in [2.05, 4.69) is 35.8 Å². The van der Waals surface area contributed by atoms with Crippen molar-refractivity contribution in [3.63, 3.8) is 0 Å². The fourth-order valence-corrected chi connectivity index (χ4v) is 7.83. The van der Waals surface area contributed by atoms with Crippen LogP contribution >= 0.6 is 0 Å². The van der Waals surface area contributed by atoms with E-state index in [1.54, 1.807) is 20.8 Å². The summed E-state index contributed by atoms with van der Waals surface area (Å²) in [6, 6.07) is 4.73. The second-order valence-electron chi connectivity index (χ2n) is 13.2. The van der Waals surface area contributed by atoms with Crippen LogP contribution in [-0.2, 0) is 46.0 Å². The van der Waals surface area contributed by atoms with Crippen molar-refractivity contribution in [1.29, 1.82) is 0 Å². The summed E-state index contributed by atoms with van der Waals surface area (Å²) in [6.45, 7) is 4.71. The second kappa shape index (κ2) is 15.8. The van der Waals surface area contributed by atoms with Crippen molar-refractivity contribution in [2.45, 2.75) is 45.9 Å². The first-order chi connectivity index (χ1) is 28.3. The maximum Gasteiger partial charge on any atom is 0.358 e. The van der Waals surface area contributed by atoms with Gasteiger partial charge >= 0.3 is 5.97 Å². The molecule has 0 fully saturated rings. The van der Waals surface area contributed by atoms with Crippen LogP contribution in [0, 0.1) is 10.1 Å². The molecular weight excluding hydrogens is 919 g/mol. The van der Waals surface area contributed by atoms with Crippen LogP contribution < -0.4 is 0 Å². The zero-order valence-electron chi connectivity index (χ0n) is 30.8. The number of azo groups is 3. The van der Waals surface area contributed by atoms with Crippen molar-refractivity contribution in [1.82, 2.24) is 9.78 Å². The molecule has 0 aliphatic heterocycles. The molecule has 0 aliphatic rings. The third-order valence-corrected chi connectivity index (χ3v) is 11.4. The molecule has 5 aromatic rings. The van der Waals surface area contributed by atoms with E-state index in [0.29, 0.717) is 36.4 Å². The summed E-state index contributed by atoms with van der Waals surface area (Å²) < 4.78 is 139. The molecule has 1 aromatic heterocycles. The molecule has 0 bridgehead atoms. The number of nitro benzene ring substituents is 1. The molecule has 0 unspecified atom stereocenters. The number of nitrogens with zero attached hydrogens (tertiary/aromatic N) is 9. The van der Waals surface area contributed by atoms with Gasteiger partial charge in [0.25, 0.3) is 46.2 Å². The van der Waals surface area contributed by atoms with Crippen molar-refractivity contribution < 1.29 is 82.0 Å². The molecule has 28 nitrogen and oxygen atoms in total. The van der Waals surface area contributed by atoms with E-state index in [9.17, 15) is 87.2 Å². The highest BCUT2D eigenvalue weighted by atomic mass is 32.2.